The largest absolute Gasteiger partial charge is 0.444 e. The number of carbonyl (C=O) groups is 1. The van der Waals surface area contributed by atoms with Gasteiger partial charge in [-0.05, 0) is 39.0 Å². The third-order valence-corrected chi connectivity index (χ3v) is 3.40. The zero-order valence-electron chi connectivity index (χ0n) is 12.1. The van der Waals surface area contributed by atoms with Crippen LogP contribution in [0.1, 0.15) is 41.5 Å². The molecule has 0 rings (SSSR count). The van der Waals surface area contributed by atoms with E-state index in [9.17, 15) is 9.00 Å². The van der Waals surface area contributed by atoms with Crippen molar-refractivity contribution in [1.29, 1.82) is 0 Å². The van der Waals surface area contributed by atoms with Crippen LogP contribution in [0.2, 0.25) is 0 Å². The van der Waals surface area contributed by atoms with Crippen molar-refractivity contribution < 1.29 is 13.7 Å². The first-order valence-electron chi connectivity index (χ1n) is 6.15. The van der Waals surface area contributed by atoms with Crippen molar-refractivity contribution in [3.63, 3.8) is 0 Å². The zero-order chi connectivity index (χ0) is 14.3. The second kappa shape index (κ2) is 7.56. The number of alkyl carbamates (subject to hydrolysis) is 1. The molecule has 106 valence electrons. The van der Waals surface area contributed by atoms with Gasteiger partial charge in [0.25, 0.3) is 0 Å². The molecule has 0 aromatic carbocycles. The van der Waals surface area contributed by atoms with Crippen molar-refractivity contribution in [2.75, 3.05) is 5.75 Å². The zero-order valence-corrected chi connectivity index (χ0v) is 13.0. The van der Waals surface area contributed by atoms with Gasteiger partial charge in [-0.25, -0.2) is 4.79 Å². The van der Waals surface area contributed by atoms with Crippen LogP contribution in [0.3, 0.4) is 0 Å². The van der Waals surface area contributed by atoms with Crippen LogP contribution in [-0.2, 0) is 15.5 Å². The number of amides is 1. The van der Waals surface area contributed by atoms with Crippen molar-refractivity contribution in [3.8, 4) is 0 Å². The molecular weight excluding hydrogens is 250 g/mol. The van der Waals surface area contributed by atoms with Crippen LogP contribution in [0.4, 0.5) is 4.79 Å². The molecular formula is C13H25NO3S. The highest BCUT2D eigenvalue weighted by atomic mass is 32.2. The third kappa shape index (κ3) is 8.28. The first kappa shape index (κ1) is 17.2. The molecule has 0 aliphatic heterocycles. The highest BCUT2D eigenvalue weighted by Gasteiger charge is 2.22. The second-order valence-electron chi connectivity index (χ2n) is 5.51. The van der Waals surface area contributed by atoms with Gasteiger partial charge in [-0.3, -0.25) is 4.21 Å². The summed E-state index contributed by atoms with van der Waals surface area (Å²) < 4.78 is 16.8. The molecule has 0 unspecified atom stereocenters. The maximum atomic E-state index is 11.7. The minimum atomic E-state index is -1.06. The second-order valence-corrected chi connectivity index (χ2v) is 6.88. The van der Waals surface area contributed by atoms with Gasteiger partial charge in [0.05, 0.1) is 0 Å². The molecule has 4 nitrogen and oxygen atoms in total. The Kier molecular flexibility index (Phi) is 7.21. The molecule has 0 aliphatic carbocycles. The average Bonchev–Trinajstić information content (AvgIpc) is 2.13. The Morgan fingerprint density at radius 3 is 2.33 bits per heavy atom. The lowest BCUT2D eigenvalue weighted by Crippen LogP contribution is -2.44. The van der Waals surface area contributed by atoms with Gasteiger partial charge < -0.3 is 10.1 Å². The van der Waals surface area contributed by atoms with Crippen LogP contribution in [0.25, 0.3) is 0 Å². The standard InChI is InChI=1S/C13H25NO3S/c1-7-8-18(16)9-11(10(2)3)14-12(15)17-13(4,5)6/h7-8,10-11H,9H2,1-6H3,(H,14,15)/b8-7+/t11-,18+/m1/s1. The predicted molar refractivity (Wildman–Crippen MR) is 75.8 cm³/mol. The smallest absolute Gasteiger partial charge is 0.407 e. The number of carbonyl (C=O) groups excluding carboxylic acids is 1. The predicted octanol–water partition coefficient (Wildman–Crippen LogP) is 2.82. The first-order chi connectivity index (χ1) is 8.15. The number of allylic oxidation sites excluding steroid dienone is 1. The fourth-order valence-corrected chi connectivity index (χ4v) is 2.48. The molecule has 0 heterocycles. The van der Waals surface area contributed by atoms with Gasteiger partial charge in [0.15, 0.2) is 0 Å². The SMILES string of the molecule is C/C=C/[S@](=O)C[C@@H](NC(=O)OC(C)(C)C)C(C)C. The number of ether oxygens (including phenoxy) is 1. The lowest BCUT2D eigenvalue weighted by Gasteiger charge is -2.25. The van der Waals surface area contributed by atoms with E-state index in [0.29, 0.717) is 5.75 Å². The van der Waals surface area contributed by atoms with Gasteiger partial charge in [-0.1, -0.05) is 19.9 Å². The number of nitrogens with one attached hydrogen (secondary N) is 1. The lowest BCUT2D eigenvalue weighted by atomic mass is 10.1. The molecule has 0 bridgehead atoms. The van der Waals surface area contributed by atoms with E-state index in [1.54, 1.807) is 11.5 Å². The Morgan fingerprint density at radius 1 is 1.39 bits per heavy atom. The lowest BCUT2D eigenvalue weighted by molar-refractivity contribution is 0.0497. The molecule has 5 heteroatoms. The number of rotatable bonds is 5. The normalized spacial score (nSPS) is 15.7. The van der Waals surface area contributed by atoms with E-state index < -0.39 is 22.5 Å². The van der Waals surface area contributed by atoms with Gasteiger partial charge in [-0.2, -0.15) is 0 Å². The summed E-state index contributed by atoms with van der Waals surface area (Å²) in [5.41, 5.74) is -0.520. The number of hydrogen-bond donors (Lipinski definition) is 1. The van der Waals surface area contributed by atoms with Gasteiger partial charge >= 0.3 is 6.09 Å². The monoisotopic (exact) mass is 275 g/mol. The summed E-state index contributed by atoms with van der Waals surface area (Å²) in [7, 11) is -1.06. The minimum Gasteiger partial charge on any atom is -0.444 e. The Morgan fingerprint density at radius 2 is 1.94 bits per heavy atom. The fraction of sp³-hybridized carbons (Fsp3) is 0.769. The molecule has 0 saturated carbocycles. The third-order valence-electron chi connectivity index (χ3n) is 2.14. The summed E-state index contributed by atoms with van der Waals surface area (Å²) in [5, 5.41) is 4.41. The highest BCUT2D eigenvalue weighted by Crippen LogP contribution is 2.09. The molecule has 0 aromatic heterocycles. The average molecular weight is 275 g/mol. The van der Waals surface area contributed by atoms with Crippen LogP contribution in [0.15, 0.2) is 11.5 Å². The molecule has 18 heavy (non-hydrogen) atoms. The molecule has 0 spiro atoms. The Balaban J connectivity index is 4.45. The van der Waals surface area contributed by atoms with E-state index in [0.717, 1.165) is 0 Å². The quantitative estimate of drug-likeness (QED) is 0.839. The molecule has 1 amide bonds. The van der Waals surface area contributed by atoms with Crippen molar-refractivity contribution >= 4 is 16.9 Å². The Labute approximate surface area is 113 Å². The fourth-order valence-electron chi connectivity index (χ4n) is 1.24. The van der Waals surface area contributed by atoms with Crippen LogP contribution < -0.4 is 5.32 Å². The van der Waals surface area contributed by atoms with E-state index in [-0.39, 0.29) is 12.0 Å². The molecule has 0 saturated heterocycles. The van der Waals surface area contributed by atoms with Crippen LogP contribution in [-0.4, -0.2) is 27.7 Å². The molecule has 0 aromatic rings. The topological polar surface area (TPSA) is 55.4 Å². The maximum Gasteiger partial charge on any atom is 0.407 e. The summed E-state index contributed by atoms with van der Waals surface area (Å²) >= 11 is 0. The van der Waals surface area contributed by atoms with Crippen LogP contribution >= 0.6 is 0 Å². The van der Waals surface area contributed by atoms with E-state index in [1.807, 2.05) is 41.5 Å². The molecule has 0 radical (unpaired) electrons. The Bertz CT molecular complexity index is 319. The summed E-state index contributed by atoms with van der Waals surface area (Å²) in [5.74, 6) is 0.605. The molecule has 0 fully saturated rings. The first-order valence-corrected chi connectivity index (χ1v) is 7.53. The Hall–Kier alpha value is -0.840. The summed E-state index contributed by atoms with van der Waals surface area (Å²) in [6, 6.07) is -0.156. The summed E-state index contributed by atoms with van der Waals surface area (Å²) in [6.07, 6.45) is 1.29. The van der Waals surface area contributed by atoms with E-state index in [1.165, 1.54) is 0 Å². The van der Waals surface area contributed by atoms with Gasteiger partial charge in [-0.15, -0.1) is 0 Å². The van der Waals surface area contributed by atoms with Crippen molar-refractivity contribution in [2.45, 2.75) is 53.2 Å². The van der Waals surface area contributed by atoms with Crippen molar-refractivity contribution in [1.82, 2.24) is 5.32 Å². The van der Waals surface area contributed by atoms with Crippen molar-refractivity contribution in [2.24, 2.45) is 5.92 Å². The molecule has 0 aliphatic rings. The highest BCUT2D eigenvalue weighted by molar-refractivity contribution is 7.88. The molecule has 2 atom stereocenters. The van der Waals surface area contributed by atoms with Gasteiger partial charge in [0.1, 0.15) is 5.60 Å². The maximum absolute atomic E-state index is 11.7. The molecule has 1 N–H and O–H groups in total. The van der Waals surface area contributed by atoms with Gasteiger partial charge in [0.2, 0.25) is 0 Å². The summed E-state index contributed by atoms with van der Waals surface area (Å²) in [4.78, 5) is 11.7. The van der Waals surface area contributed by atoms with E-state index in [2.05, 4.69) is 5.32 Å². The minimum absolute atomic E-state index is 0.156. The van der Waals surface area contributed by atoms with Crippen LogP contribution in [0.5, 0.6) is 0 Å². The van der Waals surface area contributed by atoms with E-state index in [4.69, 9.17) is 4.74 Å². The number of hydrogen-bond acceptors (Lipinski definition) is 3. The van der Waals surface area contributed by atoms with E-state index >= 15 is 0 Å². The van der Waals surface area contributed by atoms with Gasteiger partial charge in [0, 0.05) is 22.6 Å². The summed E-state index contributed by atoms with van der Waals surface area (Å²) in [6.45, 7) is 11.2. The van der Waals surface area contributed by atoms with Crippen molar-refractivity contribution in [3.05, 3.63) is 11.5 Å². The van der Waals surface area contributed by atoms with Crippen LogP contribution in [0, 0.1) is 5.92 Å².